The summed E-state index contributed by atoms with van der Waals surface area (Å²) in [6.07, 6.45) is 1.77. The van der Waals surface area contributed by atoms with Gasteiger partial charge in [-0.3, -0.25) is 4.79 Å². The first kappa shape index (κ1) is 16.5. The number of carbonyl (C=O) groups is 1. The van der Waals surface area contributed by atoms with Crippen molar-refractivity contribution in [3.05, 3.63) is 29.8 Å². The second kappa shape index (κ2) is 8.59. The van der Waals surface area contributed by atoms with Gasteiger partial charge in [0, 0.05) is 18.2 Å². The van der Waals surface area contributed by atoms with E-state index in [9.17, 15) is 4.79 Å². The maximum Gasteiger partial charge on any atom is 0.254 e. The minimum absolute atomic E-state index is 0.0374. The monoisotopic (exact) mass is 278 g/mol. The Hall–Kier alpha value is -1.55. The number of benzene rings is 1. The highest BCUT2D eigenvalue weighted by atomic mass is 16.5. The minimum atomic E-state index is 0.0374. The van der Waals surface area contributed by atoms with E-state index in [1.807, 2.05) is 43.0 Å². The zero-order valence-corrected chi connectivity index (χ0v) is 12.8. The number of rotatable bonds is 8. The first-order valence-electron chi connectivity index (χ1n) is 7.34. The lowest BCUT2D eigenvalue weighted by Crippen LogP contribution is -2.38. The van der Waals surface area contributed by atoms with Crippen molar-refractivity contribution in [3.8, 4) is 5.75 Å². The van der Waals surface area contributed by atoms with E-state index in [1.54, 1.807) is 0 Å². The molecule has 20 heavy (non-hydrogen) atoms. The number of ether oxygens (including phenoxy) is 1. The van der Waals surface area contributed by atoms with E-state index in [-0.39, 0.29) is 11.9 Å². The molecule has 0 heterocycles. The summed E-state index contributed by atoms with van der Waals surface area (Å²) in [7, 11) is 0. The van der Waals surface area contributed by atoms with Gasteiger partial charge in [0.15, 0.2) is 0 Å². The van der Waals surface area contributed by atoms with Gasteiger partial charge in [0.1, 0.15) is 5.75 Å². The van der Waals surface area contributed by atoms with Crippen LogP contribution in [-0.2, 0) is 0 Å². The lowest BCUT2D eigenvalue weighted by atomic mass is 10.1. The van der Waals surface area contributed by atoms with Crippen LogP contribution in [0.25, 0.3) is 0 Å². The normalized spacial score (nSPS) is 10.7. The summed E-state index contributed by atoms with van der Waals surface area (Å²) in [5, 5.41) is 0. The third kappa shape index (κ3) is 4.85. The molecule has 0 saturated heterocycles. The van der Waals surface area contributed by atoms with Crippen molar-refractivity contribution in [3.63, 3.8) is 0 Å². The molecule has 0 bridgehead atoms. The van der Waals surface area contributed by atoms with Gasteiger partial charge in [0.05, 0.1) is 6.61 Å². The molecule has 0 aliphatic heterocycles. The lowest BCUT2D eigenvalue weighted by Gasteiger charge is -2.26. The van der Waals surface area contributed by atoms with Crippen LogP contribution >= 0.6 is 0 Å². The van der Waals surface area contributed by atoms with E-state index in [1.165, 1.54) is 0 Å². The molecule has 0 saturated carbocycles. The predicted molar refractivity (Wildman–Crippen MR) is 82.1 cm³/mol. The molecule has 4 heteroatoms. The Morgan fingerprint density at radius 2 is 2.15 bits per heavy atom. The highest BCUT2D eigenvalue weighted by molar-refractivity contribution is 5.94. The molecule has 0 spiro atoms. The summed E-state index contributed by atoms with van der Waals surface area (Å²) in [5.41, 5.74) is 6.21. The van der Waals surface area contributed by atoms with Crippen molar-refractivity contribution in [2.45, 2.75) is 39.7 Å². The second-order valence-electron chi connectivity index (χ2n) is 5.11. The third-order valence-corrected chi connectivity index (χ3v) is 3.04. The summed E-state index contributed by atoms with van der Waals surface area (Å²) >= 11 is 0. The number of carbonyl (C=O) groups excluding carboxylic acids is 1. The molecule has 0 atom stereocenters. The average Bonchev–Trinajstić information content (AvgIpc) is 2.45. The molecule has 1 aromatic carbocycles. The minimum Gasteiger partial charge on any atom is -0.494 e. The Kier molecular flexibility index (Phi) is 7.09. The molecule has 0 unspecified atom stereocenters. The SMILES string of the molecule is CCCOc1cccc(C(=O)N(CCCN)C(C)C)c1. The molecule has 1 aromatic rings. The van der Waals surface area contributed by atoms with Gasteiger partial charge < -0.3 is 15.4 Å². The van der Waals surface area contributed by atoms with Crippen molar-refractivity contribution < 1.29 is 9.53 Å². The molecule has 4 nitrogen and oxygen atoms in total. The average molecular weight is 278 g/mol. The topological polar surface area (TPSA) is 55.6 Å². The van der Waals surface area contributed by atoms with E-state index >= 15 is 0 Å². The van der Waals surface area contributed by atoms with Crippen LogP contribution in [0.15, 0.2) is 24.3 Å². The smallest absolute Gasteiger partial charge is 0.254 e. The van der Waals surface area contributed by atoms with Crippen LogP contribution in [0.4, 0.5) is 0 Å². The van der Waals surface area contributed by atoms with Gasteiger partial charge in [-0.25, -0.2) is 0 Å². The molecule has 0 aliphatic carbocycles. The van der Waals surface area contributed by atoms with Crippen molar-refractivity contribution in [2.24, 2.45) is 5.73 Å². The maximum atomic E-state index is 12.5. The summed E-state index contributed by atoms with van der Waals surface area (Å²) in [5.74, 6) is 0.788. The molecule has 0 aromatic heterocycles. The van der Waals surface area contributed by atoms with E-state index in [4.69, 9.17) is 10.5 Å². The van der Waals surface area contributed by atoms with Crippen LogP contribution in [0, 0.1) is 0 Å². The molecule has 112 valence electrons. The zero-order valence-electron chi connectivity index (χ0n) is 12.8. The molecule has 1 amide bonds. The second-order valence-corrected chi connectivity index (χ2v) is 5.11. The van der Waals surface area contributed by atoms with Gasteiger partial charge >= 0.3 is 0 Å². The van der Waals surface area contributed by atoms with E-state index in [0.717, 1.165) is 18.6 Å². The molecule has 0 fully saturated rings. The number of amides is 1. The quantitative estimate of drug-likeness (QED) is 0.795. The van der Waals surface area contributed by atoms with Gasteiger partial charge in [0.25, 0.3) is 5.91 Å². The Labute approximate surface area is 121 Å². The highest BCUT2D eigenvalue weighted by Crippen LogP contribution is 2.16. The van der Waals surface area contributed by atoms with Gasteiger partial charge in [-0.2, -0.15) is 0 Å². The van der Waals surface area contributed by atoms with E-state index in [2.05, 4.69) is 6.92 Å². The number of nitrogens with two attached hydrogens (primary N) is 1. The van der Waals surface area contributed by atoms with Crippen LogP contribution in [0.2, 0.25) is 0 Å². The molecule has 2 N–H and O–H groups in total. The summed E-state index contributed by atoms with van der Waals surface area (Å²) in [6.45, 7) is 8.04. The standard InChI is InChI=1S/C16H26N2O2/c1-4-11-20-15-8-5-7-14(12-15)16(19)18(13(2)3)10-6-9-17/h5,7-8,12-13H,4,6,9-11,17H2,1-3H3. The van der Waals surface area contributed by atoms with Crippen molar-refractivity contribution in [2.75, 3.05) is 19.7 Å². The molecular weight excluding hydrogens is 252 g/mol. The number of hydrogen-bond acceptors (Lipinski definition) is 3. The van der Waals surface area contributed by atoms with E-state index in [0.29, 0.717) is 25.3 Å². The number of hydrogen-bond donors (Lipinski definition) is 1. The lowest BCUT2D eigenvalue weighted by molar-refractivity contribution is 0.0704. The van der Waals surface area contributed by atoms with Gasteiger partial charge in [-0.1, -0.05) is 13.0 Å². The Morgan fingerprint density at radius 3 is 2.75 bits per heavy atom. The van der Waals surface area contributed by atoms with Crippen LogP contribution in [0.1, 0.15) is 44.0 Å². The largest absolute Gasteiger partial charge is 0.494 e. The fraction of sp³-hybridized carbons (Fsp3) is 0.562. The van der Waals surface area contributed by atoms with Crippen LogP contribution in [-0.4, -0.2) is 36.5 Å². The van der Waals surface area contributed by atoms with Crippen LogP contribution < -0.4 is 10.5 Å². The van der Waals surface area contributed by atoms with Crippen LogP contribution in [0.5, 0.6) is 5.75 Å². The van der Waals surface area contributed by atoms with Gasteiger partial charge in [-0.15, -0.1) is 0 Å². The maximum absolute atomic E-state index is 12.5. The summed E-state index contributed by atoms with van der Waals surface area (Å²) in [6, 6.07) is 7.55. The van der Waals surface area contributed by atoms with Crippen molar-refractivity contribution in [1.82, 2.24) is 4.90 Å². The Bertz CT molecular complexity index is 419. The third-order valence-electron chi connectivity index (χ3n) is 3.04. The van der Waals surface area contributed by atoms with Crippen molar-refractivity contribution in [1.29, 1.82) is 0 Å². The molecule has 0 aliphatic rings. The van der Waals surface area contributed by atoms with Gasteiger partial charge in [0.2, 0.25) is 0 Å². The molecular formula is C16H26N2O2. The van der Waals surface area contributed by atoms with Gasteiger partial charge in [-0.05, 0) is 51.4 Å². The van der Waals surface area contributed by atoms with E-state index < -0.39 is 0 Å². The predicted octanol–water partition coefficient (Wildman–Crippen LogP) is 2.67. The first-order valence-corrected chi connectivity index (χ1v) is 7.34. The van der Waals surface area contributed by atoms with Crippen LogP contribution in [0.3, 0.4) is 0 Å². The fourth-order valence-electron chi connectivity index (χ4n) is 1.96. The number of nitrogens with zero attached hydrogens (tertiary/aromatic N) is 1. The summed E-state index contributed by atoms with van der Waals surface area (Å²) < 4.78 is 5.58. The molecule has 1 rings (SSSR count). The first-order chi connectivity index (χ1) is 9.60. The Morgan fingerprint density at radius 1 is 1.40 bits per heavy atom. The zero-order chi connectivity index (χ0) is 15.0. The summed E-state index contributed by atoms with van der Waals surface area (Å²) in [4.78, 5) is 14.4. The highest BCUT2D eigenvalue weighted by Gasteiger charge is 2.18. The fourth-order valence-corrected chi connectivity index (χ4v) is 1.96. The van der Waals surface area contributed by atoms with Crippen molar-refractivity contribution >= 4 is 5.91 Å². The molecule has 0 radical (unpaired) electrons. The Balaban J connectivity index is 2.82.